The number of hydrogen-bond donors (Lipinski definition) is 2. The lowest BCUT2D eigenvalue weighted by atomic mass is 9.94. The van der Waals surface area contributed by atoms with Gasteiger partial charge in [0, 0.05) is 30.9 Å². The van der Waals surface area contributed by atoms with E-state index in [4.69, 9.17) is 0 Å². The molecule has 7 heteroatoms. The van der Waals surface area contributed by atoms with Crippen LogP contribution < -0.4 is 10.9 Å². The molecule has 0 bridgehead atoms. The molecule has 2 atom stereocenters. The molecule has 0 aliphatic carbocycles. The Morgan fingerprint density at radius 3 is 2.83 bits per heavy atom. The molecule has 0 radical (unpaired) electrons. The maximum absolute atomic E-state index is 14.6. The summed E-state index contributed by atoms with van der Waals surface area (Å²) in [4.78, 5) is 26.8. The number of nitrogens with zero attached hydrogens (tertiary/aromatic N) is 2. The Labute approximate surface area is 173 Å². The van der Waals surface area contributed by atoms with Crippen LogP contribution in [0.5, 0.6) is 0 Å². The number of benzene rings is 2. The number of aromatic nitrogens is 2. The maximum atomic E-state index is 14.6. The van der Waals surface area contributed by atoms with Gasteiger partial charge in [0.05, 0.1) is 16.6 Å². The second-order valence-electron chi connectivity index (χ2n) is 8.21. The molecule has 0 unspecified atom stereocenters. The van der Waals surface area contributed by atoms with Crippen LogP contribution in [0.1, 0.15) is 34.5 Å². The third-order valence-electron chi connectivity index (χ3n) is 6.29. The summed E-state index contributed by atoms with van der Waals surface area (Å²) < 4.78 is 14.6. The summed E-state index contributed by atoms with van der Waals surface area (Å²) in [6.07, 6.45) is 2.62. The predicted molar refractivity (Wildman–Crippen MR) is 112 cm³/mol. The maximum Gasteiger partial charge on any atom is 0.272 e. The highest BCUT2D eigenvalue weighted by atomic mass is 19.1. The number of halogens is 1. The van der Waals surface area contributed by atoms with E-state index in [0.717, 1.165) is 30.3 Å². The second kappa shape index (κ2) is 7.65. The quantitative estimate of drug-likeness (QED) is 0.701. The number of hydrogen-bond acceptors (Lipinski definition) is 4. The highest BCUT2D eigenvalue weighted by Gasteiger charge is 2.37. The van der Waals surface area contributed by atoms with Crippen molar-refractivity contribution in [2.24, 2.45) is 5.92 Å². The number of rotatable bonds is 3. The molecular weight excluding hydrogens is 383 g/mol. The molecule has 5 rings (SSSR count). The van der Waals surface area contributed by atoms with E-state index in [9.17, 15) is 14.0 Å². The Kier molecular flexibility index (Phi) is 4.83. The molecule has 0 spiro atoms. The molecular formula is C23H23FN4O2. The highest BCUT2D eigenvalue weighted by molar-refractivity contribution is 5.95. The van der Waals surface area contributed by atoms with Crippen molar-refractivity contribution in [3.05, 3.63) is 75.5 Å². The number of fused-ring (bicyclic) bond motifs is 2. The summed E-state index contributed by atoms with van der Waals surface area (Å²) in [7, 11) is 0. The Morgan fingerprint density at radius 2 is 2.00 bits per heavy atom. The van der Waals surface area contributed by atoms with Crippen molar-refractivity contribution in [1.82, 2.24) is 20.4 Å². The number of aromatic amines is 1. The lowest BCUT2D eigenvalue weighted by Gasteiger charge is -2.24. The van der Waals surface area contributed by atoms with Crippen molar-refractivity contribution in [3.63, 3.8) is 0 Å². The molecule has 2 fully saturated rings. The first-order valence-electron chi connectivity index (χ1n) is 10.4. The largest absolute Gasteiger partial charge is 0.337 e. The number of carbonyl (C=O) groups excluding carboxylic acids is 1. The fourth-order valence-electron chi connectivity index (χ4n) is 4.73. The average Bonchev–Trinajstić information content (AvgIpc) is 3.21. The molecule has 0 saturated carbocycles. The van der Waals surface area contributed by atoms with Crippen LogP contribution in [0, 0.1) is 11.7 Å². The van der Waals surface area contributed by atoms with Crippen molar-refractivity contribution in [2.45, 2.75) is 25.3 Å². The van der Waals surface area contributed by atoms with Crippen LogP contribution in [0.25, 0.3) is 10.8 Å². The normalized spacial score (nSPS) is 21.0. The minimum Gasteiger partial charge on any atom is -0.337 e. The monoisotopic (exact) mass is 406 g/mol. The van der Waals surface area contributed by atoms with Crippen LogP contribution in [-0.2, 0) is 6.42 Å². The lowest BCUT2D eigenvalue weighted by Crippen LogP contribution is -2.41. The van der Waals surface area contributed by atoms with Crippen LogP contribution in [-0.4, -0.2) is 46.7 Å². The van der Waals surface area contributed by atoms with Crippen LogP contribution in [0.2, 0.25) is 0 Å². The Bertz CT molecular complexity index is 1160. The zero-order chi connectivity index (χ0) is 20.7. The van der Waals surface area contributed by atoms with Gasteiger partial charge in [0.2, 0.25) is 0 Å². The molecule has 154 valence electrons. The first kappa shape index (κ1) is 18.9. The summed E-state index contributed by atoms with van der Waals surface area (Å²) in [6.45, 7) is 2.28. The van der Waals surface area contributed by atoms with E-state index in [1.807, 2.05) is 12.1 Å². The van der Waals surface area contributed by atoms with Crippen molar-refractivity contribution >= 4 is 16.7 Å². The Balaban J connectivity index is 1.42. The van der Waals surface area contributed by atoms with Crippen LogP contribution in [0.3, 0.4) is 0 Å². The van der Waals surface area contributed by atoms with E-state index in [1.54, 1.807) is 29.2 Å². The summed E-state index contributed by atoms with van der Waals surface area (Å²) >= 11 is 0. The lowest BCUT2D eigenvalue weighted by molar-refractivity contribution is 0.0781. The van der Waals surface area contributed by atoms with Gasteiger partial charge >= 0.3 is 0 Å². The fraction of sp³-hybridized carbons (Fsp3) is 0.348. The Hall–Kier alpha value is -3.06. The van der Waals surface area contributed by atoms with Gasteiger partial charge < -0.3 is 10.2 Å². The van der Waals surface area contributed by atoms with Gasteiger partial charge in [0.1, 0.15) is 5.82 Å². The van der Waals surface area contributed by atoms with E-state index in [0.29, 0.717) is 42.6 Å². The first-order valence-corrected chi connectivity index (χ1v) is 10.4. The van der Waals surface area contributed by atoms with Gasteiger partial charge in [-0.05, 0) is 49.1 Å². The predicted octanol–water partition coefficient (Wildman–Crippen LogP) is 2.48. The van der Waals surface area contributed by atoms with Gasteiger partial charge in [0.15, 0.2) is 0 Å². The molecule has 1 amide bonds. The smallest absolute Gasteiger partial charge is 0.272 e. The minimum absolute atomic E-state index is 0.0971. The molecule has 6 nitrogen and oxygen atoms in total. The van der Waals surface area contributed by atoms with Crippen molar-refractivity contribution in [1.29, 1.82) is 0 Å². The Morgan fingerprint density at radius 1 is 1.17 bits per heavy atom. The standard InChI is InChI=1S/C23H23FN4O2/c24-19-8-7-14(11-20-16-5-1-2-6-17(16)22(29)27-26-20)10-18(19)23(30)28-12-15-4-3-9-25-21(15)13-28/h1-2,5-8,10,15,21,25H,3-4,9,11-13H2,(H,27,29)/t15-,21+/m1/s1. The summed E-state index contributed by atoms with van der Waals surface area (Å²) in [5, 5.41) is 11.5. The molecule has 1 aromatic heterocycles. The van der Waals surface area contributed by atoms with Gasteiger partial charge in [-0.1, -0.05) is 24.3 Å². The SMILES string of the molecule is O=C(c1cc(Cc2n[nH]c(=O)c3ccccc23)ccc1F)N1C[C@H]2CCCN[C@H]2C1. The molecule has 2 saturated heterocycles. The molecule has 30 heavy (non-hydrogen) atoms. The van der Waals surface area contributed by atoms with Crippen LogP contribution in [0.15, 0.2) is 47.3 Å². The summed E-state index contributed by atoms with van der Waals surface area (Å²) in [6, 6.07) is 12.2. The van der Waals surface area contributed by atoms with E-state index in [1.165, 1.54) is 6.07 Å². The van der Waals surface area contributed by atoms with Gasteiger partial charge in [-0.15, -0.1) is 0 Å². The number of nitrogens with one attached hydrogen (secondary N) is 2. The zero-order valence-electron chi connectivity index (χ0n) is 16.5. The number of H-pyrrole nitrogens is 1. The molecule has 2 N–H and O–H groups in total. The minimum atomic E-state index is -0.508. The van der Waals surface area contributed by atoms with Crippen molar-refractivity contribution in [3.8, 4) is 0 Å². The van der Waals surface area contributed by atoms with Gasteiger partial charge in [-0.2, -0.15) is 5.10 Å². The van der Waals surface area contributed by atoms with Crippen LogP contribution in [0.4, 0.5) is 4.39 Å². The van der Waals surface area contributed by atoms with E-state index < -0.39 is 5.82 Å². The van der Waals surface area contributed by atoms with E-state index in [2.05, 4.69) is 15.5 Å². The fourth-order valence-corrected chi connectivity index (χ4v) is 4.73. The first-order chi connectivity index (χ1) is 14.6. The average molecular weight is 406 g/mol. The van der Waals surface area contributed by atoms with Crippen LogP contribution >= 0.6 is 0 Å². The molecule has 2 aromatic carbocycles. The van der Waals surface area contributed by atoms with Gasteiger partial charge in [0.25, 0.3) is 11.5 Å². The second-order valence-corrected chi connectivity index (χ2v) is 8.21. The highest BCUT2D eigenvalue weighted by Crippen LogP contribution is 2.27. The molecule has 3 heterocycles. The number of likely N-dealkylation sites (tertiary alicyclic amines) is 1. The van der Waals surface area contributed by atoms with Gasteiger partial charge in [-0.3, -0.25) is 9.59 Å². The summed E-state index contributed by atoms with van der Waals surface area (Å²) in [5.74, 6) is -0.318. The third kappa shape index (κ3) is 3.39. The molecule has 3 aromatic rings. The topological polar surface area (TPSA) is 78.1 Å². The molecule has 2 aliphatic heterocycles. The van der Waals surface area contributed by atoms with E-state index in [-0.39, 0.29) is 17.0 Å². The van der Waals surface area contributed by atoms with E-state index >= 15 is 0 Å². The number of carbonyl (C=O) groups is 1. The number of amides is 1. The van der Waals surface area contributed by atoms with Crippen molar-refractivity contribution < 1.29 is 9.18 Å². The number of piperidine rings is 1. The summed E-state index contributed by atoms with van der Waals surface area (Å²) in [5.41, 5.74) is 1.32. The van der Waals surface area contributed by atoms with Gasteiger partial charge in [-0.25, -0.2) is 9.49 Å². The third-order valence-corrected chi connectivity index (χ3v) is 6.29. The zero-order valence-corrected chi connectivity index (χ0v) is 16.5. The van der Waals surface area contributed by atoms with Crippen molar-refractivity contribution in [2.75, 3.05) is 19.6 Å². The molecule has 2 aliphatic rings.